The van der Waals surface area contributed by atoms with E-state index in [2.05, 4.69) is 36.1 Å². The van der Waals surface area contributed by atoms with Gasteiger partial charge >= 0.3 is 0 Å². The van der Waals surface area contributed by atoms with Crippen LogP contribution >= 0.6 is 11.6 Å². The summed E-state index contributed by atoms with van der Waals surface area (Å²) in [7, 11) is -1.91. The summed E-state index contributed by atoms with van der Waals surface area (Å²) in [5.41, 5.74) is 8.13. The van der Waals surface area contributed by atoms with Crippen LogP contribution < -0.4 is 10.5 Å². The third-order valence-electron chi connectivity index (χ3n) is 8.40. The Morgan fingerprint density at radius 2 is 1.71 bits per heavy atom. The van der Waals surface area contributed by atoms with E-state index in [4.69, 9.17) is 17.3 Å². The van der Waals surface area contributed by atoms with Gasteiger partial charge in [0, 0.05) is 50.0 Å². The van der Waals surface area contributed by atoms with Gasteiger partial charge in [-0.1, -0.05) is 29.8 Å². The van der Waals surface area contributed by atoms with Gasteiger partial charge in [-0.3, -0.25) is 9.62 Å². The molecule has 41 heavy (non-hydrogen) atoms. The zero-order valence-electron chi connectivity index (χ0n) is 22.8. The van der Waals surface area contributed by atoms with Gasteiger partial charge in [-0.25, -0.2) is 22.8 Å². The molecule has 2 aromatic heterocycles. The smallest absolute Gasteiger partial charge is 0.263 e. The average molecular weight is 598 g/mol. The first-order valence-corrected chi connectivity index (χ1v) is 15.7. The Morgan fingerprint density at radius 1 is 1.00 bits per heavy atom. The zero-order valence-corrected chi connectivity index (χ0v) is 24.4. The first-order valence-electron chi connectivity index (χ1n) is 13.8. The fourth-order valence-corrected chi connectivity index (χ4v) is 7.71. The molecule has 3 heterocycles. The highest BCUT2D eigenvalue weighted by atomic mass is 35.5. The number of hydrogen-bond donors (Lipinski definition) is 2. The molecule has 2 fully saturated rings. The molecular weight excluding hydrogens is 565 g/mol. The Bertz CT molecular complexity index is 1680. The average Bonchev–Trinajstić information content (AvgIpc) is 3.36. The molecule has 4 aromatic rings. The van der Waals surface area contributed by atoms with Crippen molar-refractivity contribution in [3.05, 3.63) is 65.8 Å². The van der Waals surface area contributed by atoms with Crippen molar-refractivity contribution in [2.24, 2.45) is 0 Å². The number of nitrogens with two attached hydrogens (primary N) is 1. The van der Waals surface area contributed by atoms with Gasteiger partial charge in [0.15, 0.2) is 0 Å². The number of nitrogens with one attached hydrogen (secondary N) is 1. The SMILES string of the molecule is CN1CCN(C2CCC(n3cc(-c4ccc(NS(=O)(=O)c5ccccc5Cl)c(F)c4)c4c(N)ncnc43)CC2)CC1. The molecule has 1 aliphatic carbocycles. The number of hydrogen-bond acceptors (Lipinski definition) is 7. The molecule has 216 valence electrons. The van der Waals surface area contributed by atoms with E-state index in [1.807, 2.05) is 6.20 Å². The fraction of sp³-hybridized carbons (Fsp3) is 0.379. The Kier molecular flexibility index (Phi) is 7.62. The summed E-state index contributed by atoms with van der Waals surface area (Å²) in [6, 6.07) is 11.2. The van der Waals surface area contributed by atoms with Gasteiger partial charge in [0.05, 0.1) is 16.1 Å². The lowest BCUT2D eigenvalue weighted by Gasteiger charge is -2.41. The van der Waals surface area contributed by atoms with E-state index in [0.717, 1.165) is 57.5 Å². The van der Waals surface area contributed by atoms with E-state index in [1.165, 1.54) is 30.6 Å². The lowest BCUT2D eigenvalue weighted by Crippen LogP contribution is -2.49. The van der Waals surface area contributed by atoms with Crippen LogP contribution in [-0.4, -0.2) is 72.0 Å². The Hall–Kier alpha value is -3.25. The molecular formula is C29H33ClFN7O2S. The van der Waals surface area contributed by atoms with Gasteiger partial charge in [0.2, 0.25) is 0 Å². The van der Waals surface area contributed by atoms with Crippen LogP contribution in [0.3, 0.4) is 0 Å². The van der Waals surface area contributed by atoms with E-state index in [9.17, 15) is 8.42 Å². The lowest BCUT2D eigenvalue weighted by atomic mass is 9.89. The van der Waals surface area contributed by atoms with Gasteiger partial charge in [0.1, 0.15) is 28.5 Å². The molecule has 1 saturated carbocycles. The van der Waals surface area contributed by atoms with Gasteiger partial charge in [0.25, 0.3) is 10.0 Å². The topological polar surface area (TPSA) is 109 Å². The van der Waals surface area contributed by atoms with Gasteiger partial charge in [-0.05, 0) is 62.6 Å². The van der Waals surface area contributed by atoms with Crippen molar-refractivity contribution >= 4 is 44.2 Å². The Morgan fingerprint density at radius 3 is 2.41 bits per heavy atom. The molecule has 1 saturated heterocycles. The van der Waals surface area contributed by atoms with Crippen LogP contribution in [0.1, 0.15) is 31.7 Å². The number of sulfonamides is 1. The van der Waals surface area contributed by atoms with Crippen molar-refractivity contribution in [2.45, 2.75) is 42.7 Å². The summed E-state index contributed by atoms with van der Waals surface area (Å²) in [5.74, 6) is -0.402. The number of halogens is 2. The normalized spacial score (nSPS) is 20.9. The van der Waals surface area contributed by atoms with Crippen molar-refractivity contribution in [3.63, 3.8) is 0 Å². The molecule has 0 amide bonds. The number of anilines is 2. The highest BCUT2D eigenvalue weighted by molar-refractivity contribution is 7.92. The first-order chi connectivity index (χ1) is 19.7. The van der Waals surface area contributed by atoms with Crippen molar-refractivity contribution in [1.29, 1.82) is 0 Å². The second kappa shape index (κ2) is 11.2. The molecule has 0 unspecified atom stereocenters. The number of fused-ring (bicyclic) bond motifs is 1. The minimum absolute atomic E-state index is 0.0536. The standard InChI is InChI=1S/C29H33ClFN7O2S/c1-36-12-14-37(15-13-36)20-7-9-21(10-8-20)38-17-22(27-28(32)33-18-34-29(27)38)19-6-11-25(24(31)16-19)35-41(39,40)26-5-3-2-4-23(26)30/h2-6,11,16-18,20-21,35H,7-10,12-15H2,1H3,(H2,32,33,34). The summed E-state index contributed by atoms with van der Waals surface area (Å²) < 4.78 is 45.6. The van der Waals surface area contributed by atoms with E-state index in [-0.39, 0.29) is 21.6 Å². The lowest BCUT2D eigenvalue weighted by molar-refractivity contribution is 0.0828. The molecule has 1 aliphatic heterocycles. The minimum Gasteiger partial charge on any atom is -0.383 e. The number of aromatic nitrogens is 3. The number of nitrogen functional groups attached to an aromatic ring is 1. The van der Waals surface area contributed by atoms with Gasteiger partial charge in [-0.15, -0.1) is 0 Å². The fourth-order valence-electron chi connectivity index (χ4n) is 6.12. The van der Waals surface area contributed by atoms with E-state index in [1.54, 1.807) is 18.2 Å². The molecule has 0 radical (unpaired) electrons. The molecule has 0 bridgehead atoms. The maximum atomic E-state index is 15.4. The highest BCUT2D eigenvalue weighted by Crippen LogP contribution is 2.39. The monoisotopic (exact) mass is 597 g/mol. The molecule has 0 spiro atoms. The predicted molar refractivity (Wildman–Crippen MR) is 160 cm³/mol. The zero-order chi connectivity index (χ0) is 28.7. The molecule has 0 atom stereocenters. The van der Waals surface area contributed by atoms with Crippen molar-refractivity contribution in [2.75, 3.05) is 43.7 Å². The summed E-state index contributed by atoms with van der Waals surface area (Å²) >= 11 is 6.07. The quantitative estimate of drug-likeness (QED) is 0.322. The second-order valence-electron chi connectivity index (χ2n) is 10.9. The maximum Gasteiger partial charge on any atom is 0.263 e. The molecule has 6 rings (SSSR count). The van der Waals surface area contributed by atoms with Crippen LogP contribution in [0.15, 0.2) is 59.9 Å². The summed E-state index contributed by atoms with van der Waals surface area (Å²) in [5, 5.41) is 0.718. The summed E-state index contributed by atoms with van der Waals surface area (Å²) in [4.78, 5) is 13.7. The largest absolute Gasteiger partial charge is 0.383 e. The number of likely N-dealkylation sites (N-methyl/N-ethyl adjacent to an activating group) is 1. The minimum atomic E-state index is -4.08. The van der Waals surface area contributed by atoms with Crippen molar-refractivity contribution < 1.29 is 12.8 Å². The van der Waals surface area contributed by atoms with E-state index in [0.29, 0.717) is 28.4 Å². The predicted octanol–water partition coefficient (Wildman–Crippen LogP) is 5.00. The molecule has 9 nitrogen and oxygen atoms in total. The number of piperazine rings is 1. The van der Waals surface area contributed by atoms with E-state index >= 15 is 4.39 Å². The van der Waals surface area contributed by atoms with Crippen LogP contribution in [0.25, 0.3) is 22.2 Å². The molecule has 2 aliphatic rings. The van der Waals surface area contributed by atoms with Crippen molar-refractivity contribution in [1.82, 2.24) is 24.3 Å². The molecule has 2 aromatic carbocycles. The Labute approximate surface area is 244 Å². The molecule has 12 heteroatoms. The van der Waals surface area contributed by atoms with Crippen LogP contribution in [0, 0.1) is 5.82 Å². The second-order valence-corrected chi connectivity index (χ2v) is 13.0. The highest BCUT2D eigenvalue weighted by Gasteiger charge is 2.30. The maximum absolute atomic E-state index is 15.4. The van der Waals surface area contributed by atoms with E-state index < -0.39 is 15.8 Å². The third kappa shape index (κ3) is 5.51. The first kappa shape index (κ1) is 27.9. The van der Waals surface area contributed by atoms with Crippen LogP contribution in [0.5, 0.6) is 0 Å². The summed E-state index contributed by atoms with van der Waals surface area (Å²) in [6.45, 7) is 4.45. The molecule has 3 N–H and O–H groups in total. The van der Waals surface area contributed by atoms with Gasteiger partial charge < -0.3 is 15.2 Å². The van der Waals surface area contributed by atoms with Crippen LogP contribution in [-0.2, 0) is 10.0 Å². The van der Waals surface area contributed by atoms with Crippen molar-refractivity contribution in [3.8, 4) is 11.1 Å². The number of nitrogens with zero attached hydrogens (tertiary/aromatic N) is 5. The van der Waals surface area contributed by atoms with Crippen LogP contribution in [0.4, 0.5) is 15.9 Å². The van der Waals surface area contributed by atoms with Crippen LogP contribution in [0.2, 0.25) is 5.02 Å². The Balaban J connectivity index is 1.27. The van der Waals surface area contributed by atoms with Gasteiger partial charge in [-0.2, -0.15) is 0 Å². The third-order valence-corrected chi connectivity index (χ3v) is 10.3. The summed E-state index contributed by atoms with van der Waals surface area (Å²) in [6.07, 6.45) is 7.69. The number of rotatable bonds is 6. The number of benzene rings is 2.